The van der Waals surface area contributed by atoms with E-state index in [1.165, 1.54) is 5.56 Å². The molecule has 3 heterocycles. The van der Waals surface area contributed by atoms with Gasteiger partial charge in [0.25, 0.3) is 0 Å². The number of hydrogen-bond donors (Lipinski definition) is 1. The number of aromatic nitrogens is 1. The molecule has 2 aromatic heterocycles. The molecule has 0 spiro atoms. The van der Waals surface area contributed by atoms with E-state index in [0.717, 1.165) is 50.1 Å². The number of likely N-dealkylation sites (N-methyl/N-ethyl adjacent to an activating group) is 1. The van der Waals surface area contributed by atoms with Crippen LogP contribution in [0.15, 0.2) is 22.2 Å². The summed E-state index contributed by atoms with van der Waals surface area (Å²) in [5.41, 5.74) is 2.35. The minimum Gasteiger partial charge on any atom is -0.345 e. The van der Waals surface area contributed by atoms with E-state index < -0.39 is 0 Å². The summed E-state index contributed by atoms with van der Waals surface area (Å²) in [7, 11) is 0. The number of nitrogens with zero attached hydrogens (tertiary/aromatic N) is 4. The average Bonchev–Trinajstić information content (AvgIpc) is 3.37. The number of carbonyl (C=O) groups is 1. The quantitative estimate of drug-likeness (QED) is 0.764. The number of anilines is 1. The van der Waals surface area contributed by atoms with Crippen LogP contribution in [0.2, 0.25) is 0 Å². The Morgan fingerprint density at radius 3 is 2.56 bits per heavy atom. The molecule has 0 bridgehead atoms. The highest BCUT2D eigenvalue weighted by atomic mass is 32.1. The van der Waals surface area contributed by atoms with Crippen molar-refractivity contribution < 1.29 is 4.79 Å². The van der Waals surface area contributed by atoms with Gasteiger partial charge >= 0.3 is 6.03 Å². The molecule has 8 heteroatoms. The summed E-state index contributed by atoms with van der Waals surface area (Å²) < 4.78 is 0. The van der Waals surface area contributed by atoms with Gasteiger partial charge in [-0.25, -0.2) is 9.78 Å². The van der Waals surface area contributed by atoms with Gasteiger partial charge < -0.3 is 15.1 Å². The first-order chi connectivity index (χ1) is 13.1. The zero-order chi connectivity index (χ0) is 19.2. The lowest BCUT2D eigenvalue weighted by molar-refractivity contribution is 0.180. The number of aryl methyl sites for hydroxylation is 1. The standard InChI is InChI=1S/C19H29N5OS2/c1-4-22(5-2)17(16-6-11-26-14-16)12-20-18(25)23-7-9-24(10-8-23)19-21-15(3)13-27-19/h6,11,13-14,17H,4-5,7-10,12H2,1-3H3,(H,20,25). The first kappa shape index (κ1) is 20.1. The van der Waals surface area contributed by atoms with Gasteiger partial charge in [0, 0.05) is 38.1 Å². The molecule has 0 radical (unpaired) electrons. The minimum absolute atomic E-state index is 0.0392. The molecule has 1 N–H and O–H groups in total. The number of piperazine rings is 1. The zero-order valence-corrected chi connectivity index (χ0v) is 18.0. The maximum absolute atomic E-state index is 12.7. The number of amides is 2. The molecular formula is C19H29N5OS2. The molecule has 3 rings (SSSR count). The Hall–Kier alpha value is -1.64. The van der Waals surface area contributed by atoms with E-state index in [1.54, 1.807) is 22.7 Å². The van der Waals surface area contributed by atoms with Crippen molar-refractivity contribution in [3.05, 3.63) is 33.5 Å². The molecule has 27 heavy (non-hydrogen) atoms. The van der Waals surface area contributed by atoms with Crippen LogP contribution in [0, 0.1) is 6.92 Å². The third-order valence-electron chi connectivity index (χ3n) is 5.07. The largest absolute Gasteiger partial charge is 0.345 e. The van der Waals surface area contributed by atoms with Gasteiger partial charge in [0.15, 0.2) is 5.13 Å². The zero-order valence-electron chi connectivity index (χ0n) is 16.4. The van der Waals surface area contributed by atoms with E-state index in [0.29, 0.717) is 6.54 Å². The number of hydrogen-bond acceptors (Lipinski definition) is 6. The van der Waals surface area contributed by atoms with Crippen molar-refractivity contribution in [3.8, 4) is 0 Å². The second kappa shape index (κ2) is 9.52. The van der Waals surface area contributed by atoms with Crippen LogP contribution in [-0.2, 0) is 0 Å². The SMILES string of the molecule is CCN(CC)C(CNC(=O)N1CCN(c2nc(C)cs2)CC1)c1ccsc1. The number of urea groups is 1. The fraction of sp³-hybridized carbons (Fsp3) is 0.579. The van der Waals surface area contributed by atoms with Gasteiger partial charge in [0.1, 0.15) is 0 Å². The predicted octanol–water partition coefficient (Wildman–Crippen LogP) is 3.43. The summed E-state index contributed by atoms with van der Waals surface area (Å²) >= 11 is 3.39. The lowest BCUT2D eigenvalue weighted by Crippen LogP contribution is -2.52. The van der Waals surface area contributed by atoms with Crippen LogP contribution < -0.4 is 10.2 Å². The summed E-state index contributed by atoms with van der Waals surface area (Å²) in [6, 6.07) is 2.43. The van der Waals surface area contributed by atoms with Gasteiger partial charge in [0.05, 0.1) is 11.7 Å². The number of rotatable bonds is 7. The van der Waals surface area contributed by atoms with Crippen LogP contribution in [0.4, 0.5) is 9.93 Å². The molecule has 2 aromatic rings. The van der Waals surface area contributed by atoms with Gasteiger partial charge in [0.2, 0.25) is 0 Å². The summed E-state index contributed by atoms with van der Waals surface area (Å²) in [5, 5.41) is 10.6. The molecule has 1 saturated heterocycles. The van der Waals surface area contributed by atoms with Crippen molar-refractivity contribution in [2.75, 3.05) is 50.7 Å². The molecule has 0 saturated carbocycles. The molecule has 1 aliphatic rings. The Bertz CT molecular complexity index is 706. The van der Waals surface area contributed by atoms with Crippen LogP contribution >= 0.6 is 22.7 Å². The predicted molar refractivity (Wildman–Crippen MR) is 114 cm³/mol. The molecule has 1 unspecified atom stereocenters. The summed E-state index contributed by atoms with van der Waals surface area (Å²) in [6.07, 6.45) is 0. The molecule has 1 fully saturated rings. The van der Waals surface area contributed by atoms with E-state index in [1.807, 2.05) is 11.8 Å². The topological polar surface area (TPSA) is 51.7 Å². The second-order valence-corrected chi connectivity index (χ2v) is 8.34. The molecule has 0 aromatic carbocycles. The first-order valence-corrected chi connectivity index (χ1v) is 11.4. The Labute approximate surface area is 169 Å². The minimum atomic E-state index is 0.0392. The monoisotopic (exact) mass is 407 g/mol. The van der Waals surface area contributed by atoms with E-state index in [-0.39, 0.29) is 12.1 Å². The van der Waals surface area contributed by atoms with Crippen LogP contribution in [0.3, 0.4) is 0 Å². The summed E-state index contributed by atoms with van der Waals surface area (Å²) in [5.74, 6) is 0. The van der Waals surface area contributed by atoms with Crippen molar-refractivity contribution in [1.82, 2.24) is 20.1 Å². The van der Waals surface area contributed by atoms with Gasteiger partial charge in [-0.3, -0.25) is 4.90 Å². The molecule has 6 nitrogen and oxygen atoms in total. The molecule has 1 atom stereocenters. The average molecular weight is 408 g/mol. The Morgan fingerprint density at radius 1 is 1.26 bits per heavy atom. The van der Waals surface area contributed by atoms with Gasteiger partial charge in [-0.2, -0.15) is 11.3 Å². The van der Waals surface area contributed by atoms with Gasteiger partial charge in [-0.05, 0) is 42.4 Å². The second-order valence-electron chi connectivity index (χ2n) is 6.73. The third kappa shape index (κ3) is 5.00. The molecular weight excluding hydrogens is 378 g/mol. The highest BCUT2D eigenvalue weighted by Crippen LogP contribution is 2.23. The van der Waals surface area contributed by atoms with Crippen molar-refractivity contribution >= 4 is 33.8 Å². The number of carbonyl (C=O) groups excluding carboxylic acids is 1. The van der Waals surface area contributed by atoms with Crippen LogP contribution in [0.1, 0.15) is 31.1 Å². The maximum atomic E-state index is 12.7. The lowest BCUT2D eigenvalue weighted by Gasteiger charge is -2.35. The van der Waals surface area contributed by atoms with Crippen molar-refractivity contribution in [2.24, 2.45) is 0 Å². The van der Waals surface area contributed by atoms with Gasteiger partial charge in [-0.1, -0.05) is 13.8 Å². The first-order valence-electron chi connectivity index (χ1n) is 9.58. The van der Waals surface area contributed by atoms with E-state index in [4.69, 9.17) is 0 Å². The highest BCUT2D eigenvalue weighted by Gasteiger charge is 2.24. The fourth-order valence-corrected chi connectivity index (χ4v) is 5.03. The Morgan fingerprint density at radius 2 is 2.00 bits per heavy atom. The molecule has 1 aliphatic heterocycles. The molecule has 148 valence electrons. The number of thiophene rings is 1. The Kier molecular flexibility index (Phi) is 7.09. The normalized spacial score (nSPS) is 16.0. The smallest absolute Gasteiger partial charge is 0.317 e. The van der Waals surface area contributed by atoms with Crippen molar-refractivity contribution in [2.45, 2.75) is 26.8 Å². The van der Waals surface area contributed by atoms with E-state index in [2.05, 4.69) is 56.2 Å². The molecule has 0 aliphatic carbocycles. The Balaban J connectivity index is 1.52. The number of nitrogens with one attached hydrogen (secondary N) is 1. The summed E-state index contributed by atoms with van der Waals surface area (Å²) in [6.45, 7) is 12.1. The van der Waals surface area contributed by atoms with E-state index >= 15 is 0 Å². The lowest BCUT2D eigenvalue weighted by atomic mass is 10.1. The molecule has 2 amide bonds. The third-order valence-corrected chi connectivity index (χ3v) is 6.79. The summed E-state index contributed by atoms with van der Waals surface area (Å²) in [4.78, 5) is 23.8. The highest BCUT2D eigenvalue weighted by molar-refractivity contribution is 7.13. The van der Waals surface area contributed by atoms with E-state index in [9.17, 15) is 4.79 Å². The van der Waals surface area contributed by atoms with Crippen molar-refractivity contribution in [1.29, 1.82) is 0 Å². The van der Waals surface area contributed by atoms with Crippen LogP contribution in [-0.4, -0.2) is 66.6 Å². The number of thiazole rings is 1. The van der Waals surface area contributed by atoms with Crippen LogP contribution in [0.25, 0.3) is 0 Å². The van der Waals surface area contributed by atoms with Gasteiger partial charge in [-0.15, -0.1) is 11.3 Å². The maximum Gasteiger partial charge on any atom is 0.317 e. The fourth-order valence-electron chi connectivity index (χ4n) is 3.47. The van der Waals surface area contributed by atoms with Crippen molar-refractivity contribution in [3.63, 3.8) is 0 Å². The van der Waals surface area contributed by atoms with Crippen LogP contribution in [0.5, 0.6) is 0 Å².